The number of nitrogens with zero attached hydrogens (tertiary/aromatic N) is 2. The Morgan fingerprint density at radius 3 is 2.60 bits per heavy atom. The first-order chi connectivity index (χ1) is 11.5. The van der Waals surface area contributed by atoms with Gasteiger partial charge in [0.1, 0.15) is 11.7 Å². The van der Waals surface area contributed by atoms with E-state index in [1.165, 1.54) is 17.8 Å². The molecule has 0 amide bonds. The lowest BCUT2D eigenvalue weighted by atomic mass is 9.89. The van der Waals surface area contributed by atoms with E-state index in [1.807, 2.05) is 16.7 Å². The zero-order chi connectivity index (χ0) is 17.0. The average Bonchev–Trinajstić information content (AvgIpc) is 2.55. The molecule has 3 heterocycles. The van der Waals surface area contributed by atoms with Crippen molar-refractivity contribution >= 4 is 47.3 Å². The molecule has 0 aliphatic carbocycles. The Morgan fingerprint density at radius 2 is 2.00 bits per heavy atom. The number of thioether (sulfide) groups is 1. The number of carboxylic acid groups (broad SMARTS) is 1. The maximum Gasteiger partial charge on any atom is 0.317 e. The van der Waals surface area contributed by atoms with Crippen molar-refractivity contribution in [3.63, 3.8) is 0 Å². The number of halogens is 2. The van der Waals surface area contributed by atoms with Gasteiger partial charge in [0.15, 0.2) is 5.78 Å². The third kappa shape index (κ3) is 2.76. The summed E-state index contributed by atoms with van der Waals surface area (Å²) in [5.41, 5.74) is 1.32. The van der Waals surface area contributed by atoms with Crippen LogP contribution < -0.4 is 15.1 Å². The van der Waals surface area contributed by atoms with E-state index in [0.29, 0.717) is 24.5 Å². The predicted octanol–water partition coefficient (Wildman–Crippen LogP) is 1.78. The summed E-state index contributed by atoms with van der Waals surface area (Å²) in [6.45, 7) is 4.95. The number of benzene rings is 1. The van der Waals surface area contributed by atoms with Crippen LogP contribution in [-0.2, 0) is 4.79 Å². The molecule has 1 aromatic carbocycles. The van der Waals surface area contributed by atoms with Crippen molar-refractivity contribution in [1.29, 1.82) is 0 Å². The van der Waals surface area contributed by atoms with Crippen LogP contribution in [0.15, 0.2) is 12.1 Å². The summed E-state index contributed by atoms with van der Waals surface area (Å²) in [5.74, 6) is -3.24. The lowest BCUT2D eigenvalue weighted by Gasteiger charge is -2.53. The normalized spacial score (nSPS) is 27.8. The van der Waals surface area contributed by atoms with Crippen LogP contribution in [0.2, 0.25) is 0 Å². The van der Waals surface area contributed by atoms with Gasteiger partial charge in [-0.2, -0.15) is 0 Å². The van der Waals surface area contributed by atoms with Crippen molar-refractivity contribution in [2.75, 3.05) is 36.0 Å². The van der Waals surface area contributed by atoms with Crippen LogP contribution in [0.1, 0.15) is 17.3 Å². The molecular formula is C16H19ClFN3O3S. The van der Waals surface area contributed by atoms with Gasteiger partial charge in [-0.05, 0) is 19.1 Å². The highest BCUT2D eigenvalue weighted by atomic mass is 35.5. The number of rotatable bonds is 2. The first-order valence-corrected chi connectivity index (χ1v) is 8.93. The van der Waals surface area contributed by atoms with Crippen molar-refractivity contribution in [3.8, 4) is 0 Å². The molecule has 25 heavy (non-hydrogen) atoms. The van der Waals surface area contributed by atoms with E-state index < -0.39 is 28.9 Å². The van der Waals surface area contributed by atoms with Crippen molar-refractivity contribution in [2.24, 2.45) is 5.92 Å². The van der Waals surface area contributed by atoms with Gasteiger partial charge in [0.2, 0.25) is 0 Å². The van der Waals surface area contributed by atoms with Gasteiger partial charge in [-0.25, -0.2) is 4.39 Å². The van der Waals surface area contributed by atoms with Crippen LogP contribution in [0, 0.1) is 11.7 Å². The summed E-state index contributed by atoms with van der Waals surface area (Å²) in [4.78, 5) is 28.0. The number of Topliss-reactive ketones (excluding diaryl/α,β-unsaturated/α-hetero) is 1. The number of carboxylic acids is 1. The van der Waals surface area contributed by atoms with Gasteiger partial charge in [0, 0.05) is 31.7 Å². The SMILES string of the molecule is CC1SC2C(C(=O)O)C(=O)c3cc(F)c(N4CCNCC4)cc3N12.Cl. The minimum atomic E-state index is -1.15. The van der Waals surface area contributed by atoms with Gasteiger partial charge >= 0.3 is 5.97 Å². The average molecular weight is 388 g/mol. The molecule has 0 aromatic heterocycles. The van der Waals surface area contributed by atoms with Crippen molar-refractivity contribution in [3.05, 3.63) is 23.5 Å². The maximum absolute atomic E-state index is 14.6. The van der Waals surface area contributed by atoms with Crippen LogP contribution in [-0.4, -0.2) is 53.8 Å². The van der Waals surface area contributed by atoms with Crippen LogP contribution in [0.4, 0.5) is 15.8 Å². The minimum absolute atomic E-state index is 0. The number of nitrogens with one attached hydrogen (secondary N) is 1. The fourth-order valence-corrected chi connectivity index (χ4v) is 5.10. The summed E-state index contributed by atoms with van der Waals surface area (Å²) in [6.07, 6.45) is 0. The van der Waals surface area contributed by atoms with Crippen LogP contribution in [0.25, 0.3) is 0 Å². The number of aliphatic carboxylic acids is 1. The second kappa shape index (κ2) is 6.66. The maximum atomic E-state index is 14.6. The van der Waals surface area contributed by atoms with E-state index in [9.17, 15) is 19.1 Å². The Bertz CT molecular complexity index is 729. The highest BCUT2D eigenvalue weighted by molar-refractivity contribution is 8.02. The number of fused-ring (bicyclic) bond motifs is 3. The molecule has 136 valence electrons. The first kappa shape index (κ1) is 18.3. The molecule has 9 heteroatoms. The number of carbonyl (C=O) groups excluding carboxylic acids is 1. The second-order valence-corrected chi connectivity index (χ2v) is 7.71. The molecular weight excluding hydrogens is 369 g/mol. The molecule has 0 bridgehead atoms. The second-order valence-electron chi connectivity index (χ2n) is 6.27. The molecule has 3 unspecified atom stereocenters. The highest BCUT2D eigenvalue weighted by Crippen LogP contribution is 2.51. The Morgan fingerprint density at radius 1 is 1.32 bits per heavy atom. The molecule has 3 aliphatic heterocycles. The van der Waals surface area contributed by atoms with E-state index in [2.05, 4.69) is 5.32 Å². The largest absolute Gasteiger partial charge is 0.481 e. The van der Waals surface area contributed by atoms with Crippen molar-refractivity contribution < 1.29 is 19.1 Å². The summed E-state index contributed by atoms with van der Waals surface area (Å²) in [7, 11) is 0. The molecule has 1 aromatic rings. The molecule has 2 N–H and O–H groups in total. The van der Waals surface area contributed by atoms with Gasteiger partial charge in [-0.15, -0.1) is 24.2 Å². The topological polar surface area (TPSA) is 72.9 Å². The first-order valence-electron chi connectivity index (χ1n) is 7.99. The van der Waals surface area contributed by atoms with E-state index in [0.717, 1.165) is 13.1 Å². The number of piperazine rings is 1. The zero-order valence-electron chi connectivity index (χ0n) is 13.6. The predicted molar refractivity (Wildman–Crippen MR) is 97.5 cm³/mol. The Balaban J connectivity index is 0.00000182. The minimum Gasteiger partial charge on any atom is -0.481 e. The monoisotopic (exact) mass is 387 g/mol. The zero-order valence-corrected chi connectivity index (χ0v) is 15.2. The van der Waals surface area contributed by atoms with Crippen molar-refractivity contribution in [2.45, 2.75) is 17.7 Å². The van der Waals surface area contributed by atoms with E-state index in [1.54, 1.807) is 6.07 Å². The molecule has 0 spiro atoms. The number of hydrogen-bond acceptors (Lipinski definition) is 6. The quantitative estimate of drug-likeness (QED) is 0.749. The Kier molecular flexibility index (Phi) is 4.87. The molecule has 3 aliphatic rings. The van der Waals surface area contributed by atoms with Gasteiger partial charge < -0.3 is 20.2 Å². The molecule has 0 radical (unpaired) electrons. The third-order valence-electron chi connectivity index (χ3n) is 4.90. The van der Waals surface area contributed by atoms with Crippen LogP contribution in [0.3, 0.4) is 0 Å². The lowest BCUT2D eigenvalue weighted by molar-refractivity contribution is -0.140. The highest BCUT2D eigenvalue weighted by Gasteiger charge is 2.53. The summed E-state index contributed by atoms with van der Waals surface area (Å²) in [5, 5.41) is 12.3. The number of carbonyl (C=O) groups is 2. The molecule has 4 rings (SSSR count). The van der Waals surface area contributed by atoms with Gasteiger partial charge in [0.05, 0.1) is 22.1 Å². The lowest BCUT2D eigenvalue weighted by Crippen LogP contribution is -2.60. The Hall–Kier alpha value is -1.51. The number of ketones is 1. The molecule has 6 nitrogen and oxygen atoms in total. The van der Waals surface area contributed by atoms with E-state index >= 15 is 0 Å². The number of anilines is 2. The van der Waals surface area contributed by atoms with Crippen LogP contribution >= 0.6 is 24.2 Å². The van der Waals surface area contributed by atoms with E-state index in [4.69, 9.17) is 0 Å². The van der Waals surface area contributed by atoms with Gasteiger partial charge in [0.25, 0.3) is 0 Å². The standard InChI is InChI=1S/C16H18FN3O3S.ClH/c1-8-20-11-7-12(19-4-2-18-3-5-19)10(17)6-9(11)14(21)13(16(22)23)15(20)24-8;/h6-8,13,15,18H,2-5H2,1H3,(H,22,23);1H. The summed E-state index contributed by atoms with van der Waals surface area (Å²) >= 11 is 1.47. The summed E-state index contributed by atoms with van der Waals surface area (Å²) < 4.78 is 14.6. The third-order valence-corrected chi connectivity index (χ3v) is 6.30. The molecule has 0 saturated carbocycles. The van der Waals surface area contributed by atoms with E-state index in [-0.39, 0.29) is 23.3 Å². The van der Waals surface area contributed by atoms with Crippen LogP contribution in [0.5, 0.6) is 0 Å². The van der Waals surface area contributed by atoms with Gasteiger partial charge in [-0.3, -0.25) is 9.59 Å². The molecule has 3 atom stereocenters. The van der Waals surface area contributed by atoms with Crippen molar-refractivity contribution in [1.82, 2.24) is 5.32 Å². The molecule has 2 fully saturated rings. The smallest absolute Gasteiger partial charge is 0.317 e. The fourth-order valence-electron chi connectivity index (χ4n) is 3.69. The number of hydrogen-bond donors (Lipinski definition) is 2. The Labute approximate surface area is 155 Å². The summed E-state index contributed by atoms with van der Waals surface area (Å²) in [6, 6.07) is 2.94. The molecule has 2 saturated heterocycles. The fraction of sp³-hybridized carbons (Fsp3) is 0.500. The van der Waals surface area contributed by atoms with Gasteiger partial charge in [-0.1, -0.05) is 0 Å².